The molecule has 4 heterocycles. The summed E-state index contributed by atoms with van der Waals surface area (Å²) >= 11 is 2.87. The molecule has 0 aliphatic rings. The van der Waals surface area contributed by atoms with Crippen LogP contribution in [0.25, 0.3) is 42.9 Å². The number of benzene rings is 2. The molecule has 212 valence electrons. The van der Waals surface area contributed by atoms with Crippen molar-refractivity contribution >= 4 is 43.1 Å². The first-order valence-electron chi connectivity index (χ1n) is 12.1. The average molecular weight is 614 g/mol. The first-order chi connectivity index (χ1) is 19.8. The molecule has 0 amide bonds. The molecule has 0 fully saturated rings. The predicted molar refractivity (Wildman–Crippen MR) is 150 cm³/mol. The van der Waals surface area contributed by atoms with E-state index in [4.69, 9.17) is 5.26 Å². The zero-order chi connectivity index (χ0) is 30.2. The van der Waals surface area contributed by atoms with Gasteiger partial charge in [0.1, 0.15) is 22.1 Å². The highest BCUT2D eigenvalue weighted by Crippen LogP contribution is 2.36. The number of alkyl halides is 6. The first-order valence-corrected chi connectivity index (χ1v) is 13.7. The van der Waals surface area contributed by atoms with Gasteiger partial charge in [0, 0.05) is 31.7 Å². The first kappa shape index (κ1) is 29.1. The van der Waals surface area contributed by atoms with Gasteiger partial charge >= 0.3 is 12.4 Å². The zero-order valence-corrected chi connectivity index (χ0v) is 23.3. The molecule has 6 aromatic rings. The molecule has 0 radical (unpaired) electrons. The minimum absolute atomic E-state index is 0.0539. The molecule has 5 nitrogen and oxygen atoms in total. The molecule has 0 N–H and O–H groups in total. The van der Waals surface area contributed by atoms with Gasteiger partial charge in [0.25, 0.3) is 0 Å². The number of hydrogen-bond acceptors (Lipinski definition) is 7. The van der Waals surface area contributed by atoms with E-state index < -0.39 is 23.5 Å². The summed E-state index contributed by atoms with van der Waals surface area (Å²) in [6.45, 7) is 3.80. The van der Waals surface area contributed by atoms with Gasteiger partial charge in [0.05, 0.1) is 22.5 Å². The quantitative estimate of drug-likeness (QED) is 0.182. The zero-order valence-electron chi connectivity index (χ0n) is 21.7. The summed E-state index contributed by atoms with van der Waals surface area (Å²) in [5.74, 6) is -0.0539. The van der Waals surface area contributed by atoms with Gasteiger partial charge < -0.3 is 0 Å². The maximum atomic E-state index is 12.9. The Morgan fingerprint density at radius 1 is 0.667 bits per heavy atom. The Bertz CT molecular complexity index is 1970. The Morgan fingerprint density at radius 2 is 1.19 bits per heavy atom. The van der Waals surface area contributed by atoms with Crippen molar-refractivity contribution in [3.63, 3.8) is 0 Å². The molecular weight excluding hydrogens is 596 g/mol. The molecule has 42 heavy (non-hydrogen) atoms. The number of thiophene rings is 2. The van der Waals surface area contributed by atoms with Crippen molar-refractivity contribution in [2.75, 3.05) is 0 Å². The number of halogens is 6. The topological polar surface area (TPSA) is 75.3 Å². The fourth-order valence-corrected chi connectivity index (χ4v) is 5.93. The number of aromatic nitrogens is 4. The molecule has 13 heteroatoms. The predicted octanol–water partition coefficient (Wildman–Crippen LogP) is 9.24. The van der Waals surface area contributed by atoms with Crippen LogP contribution in [-0.4, -0.2) is 19.9 Å². The molecule has 4 aromatic heterocycles. The lowest BCUT2D eigenvalue weighted by Gasteiger charge is -2.09. The number of fused-ring (bicyclic) bond motifs is 2. The largest absolute Gasteiger partial charge is 0.416 e. The maximum absolute atomic E-state index is 12.9. The number of nitrogens with zero attached hydrogens (tertiary/aromatic N) is 5. The van der Waals surface area contributed by atoms with E-state index in [0.29, 0.717) is 32.7 Å². The van der Waals surface area contributed by atoms with E-state index in [2.05, 4.69) is 19.9 Å². The molecule has 0 saturated heterocycles. The Labute approximate surface area is 242 Å². The fraction of sp³-hybridized carbons (Fsp3) is 0.138. The smallest absolute Gasteiger partial charge is 0.236 e. The third-order valence-electron chi connectivity index (χ3n) is 6.00. The summed E-state index contributed by atoms with van der Waals surface area (Å²) in [6.07, 6.45) is -7.40. The van der Waals surface area contributed by atoms with Crippen LogP contribution in [0.2, 0.25) is 0 Å². The number of nitriles is 1. The number of aryl methyl sites for hydroxylation is 2. The minimum Gasteiger partial charge on any atom is -0.236 e. The summed E-state index contributed by atoms with van der Waals surface area (Å²) in [4.78, 5) is 19.9. The van der Waals surface area contributed by atoms with Crippen LogP contribution in [0, 0.1) is 25.2 Å². The SMILES string of the molecule is Cc1cc2c(-c3cccc(C(F)(F)F)c3)nc(C#N)nc2s1.Cc1cc2c(-c3cccc(C(F)(F)F)c3)ncnc2s1. The lowest BCUT2D eigenvalue weighted by Crippen LogP contribution is -2.04. The molecule has 0 bridgehead atoms. The summed E-state index contributed by atoms with van der Waals surface area (Å²) in [6, 6.07) is 15.7. The van der Waals surface area contributed by atoms with Crippen molar-refractivity contribution < 1.29 is 26.3 Å². The van der Waals surface area contributed by atoms with E-state index >= 15 is 0 Å². The molecule has 0 atom stereocenters. The van der Waals surface area contributed by atoms with Gasteiger partial charge in [-0.15, -0.1) is 22.7 Å². The highest BCUT2D eigenvalue weighted by atomic mass is 32.1. The third kappa shape index (κ3) is 6.09. The van der Waals surface area contributed by atoms with Gasteiger partial charge in [-0.3, -0.25) is 0 Å². The van der Waals surface area contributed by atoms with Gasteiger partial charge in [-0.05, 0) is 50.2 Å². The van der Waals surface area contributed by atoms with E-state index in [1.54, 1.807) is 12.1 Å². The van der Waals surface area contributed by atoms with E-state index in [1.165, 1.54) is 41.1 Å². The van der Waals surface area contributed by atoms with Crippen LogP contribution in [0.3, 0.4) is 0 Å². The fourth-order valence-electron chi connectivity index (χ4n) is 4.20. The monoisotopic (exact) mass is 613 g/mol. The molecule has 2 aromatic carbocycles. The van der Waals surface area contributed by atoms with Gasteiger partial charge in [-0.1, -0.05) is 24.3 Å². The summed E-state index contributed by atoms with van der Waals surface area (Å²) in [5, 5.41) is 10.4. The Kier molecular flexibility index (Phi) is 7.70. The van der Waals surface area contributed by atoms with Crippen LogP contribution in [0.15, 0.2) is 67.0 Å². The summed E-state index contributed by atoms with van der Waals surface area (Å²) < 4.78 is 76.9. The van der Waals surface area contributed by atoms with Crippen LogP contribution in [0.1, 0.15) is 26.7 Å². The second-order valence-electron chi connectivity index (χ2n) is 9.04. The van der Waals surface area contributed by atoms with Gasteiger partial charge in [0.15, 0.2) is 0 Å². The van der Waals surface area contributed by atoms with Crippen molar-refractivity contribution in [3.05, 3.63) is 93.7 Å². The Hall–Kier alpha value is -4.41. The number of rotatable bonds is 2. The molecular formula is C29H17F6N5S2. The average Bonchev–Trinajstić information content (AvgIpc) is 3.52. The highest BCUT2D eigenvalue weighted by molar-refractivity contribution is 7.19. The van der Waals surface area contributed by atoms with Crippen molar-refractivity contribution in [1.29, 1.82) is 5.26 Å². The second-order valence-corrected chi connectivity index (χ2v) is 11.5. The van der Waals surface area contributed by atoms with Crippen molar-refractivity contribution in [3.8, 4) is 28.6 Å². The van der Waals surface area contributed by atoms with Crippen molar-refractivity contribution in [1.82, 2.24) is 19.9 Å². The Balaban J connectivity index is 0.000000169. The molecule has 0 spiro atoms. The highest BCUT2D eigenvalue weighted by Gasteiger charge is 2.31. The van der Waals surface area contributed by atoms with Crippen LogP contribution < -0.4 is 0 Å². The van der Waals surface area contributed by atoms with Gasteiger partial charge in [-0.2, -0.15) is 31.6 Å². The second kappa shape index (κ2) is 11.1. The normalized spacial score (nSPS) is 11.8. The maximum Gasteiger partial charge on any atom is 0.416 e. The van der Waals surface area contributed by atoms with Crippen LogP contribution in [0.5, 0.6) is 0 Å². The molecule has 0 unspecified atom stereocenters. The Morgan fingerprint density at radius 3 is 1.74 bits per heavy atom. The lowest BCUT2D eigenvalue weighted by atomic mass is 10.1. The molecule has 0 aliphatic carbocycles. The van der Waals surface area contributed by atoms with Crippen molar-refractivity contribution in [2.45, 2.75) is 26.2 Å². The molecule has 0 aliphatic heterocycles. The van der Waals surface area contributed by atoms with E-state index in [1.807, 2.05) is 32.0 Å². The van der Waals surface area contributed by atoms with Crippen LogP contribution >= 0.6 is 22.7 Å². The van der Waals surface area contributed by atoms with E-state index in [9.17, 15) is 26.3 Å². The van der Waals surface area contributed by atoms with Crippen LogP contribution in [-0.2, 0) is 12.4 Å². The summed E-state index contributed by atoms with van der Waals surface area (Å²) in [5.41, 5.74) is 0.222. The van der Waals surface area contributed by atoms with E-state index in [-0.39, 0.29) is 5.82 Å². The van der Waals surface area contributed by atoms with Gasteiger partial charge in [-0.25, -0.2) is 19.9 Å². The summed E-state index contributed by atoms with van der Waals surface area (Å²) in [7, 11) is 0. The van der Waals surface area contributed by atoms with Gasteiger partial charge in [0.2, 0.25) is 5.82 Å². The lowest BCUT2D eigenvalue weighted by molar-refractivity contribution is -0.138. The standard InChI is InChI=1S/C15H8F3N3S.C14H9F3N2S/c1-8-5-11-13(20-12(7-19)21-14(11)22-8)9-3-2-4-10(6-9)15(16,17)18;1-8-5-11-12(18-7-19-13(11)20-8)9-3-2-4-10(6-9)14(15,16)17/h2-6H,1H3;2-7H,1H3. The van der Waals surface area contributed by atoms with Crippen LogP contribution in [0.4, 0.5) is 26.3 Å². The molecule has 6 rings (SSSR count). The number of hydrogen-bond donors (Lipinski definition) is 0. The third-order valence-corrected chi connectivity index (χ3v) is 7.90. The van der Waals surface area contributed by atoms with E-state index in [0.717, 1.165) is 44.2 Å². The minimum atomic E-state index is -4.43. The van der Waals surface area contributed by atoms with Crippen molar-refractivity contribution in [2.24, 2.45) is 0 Å². The molecule has 0 saturated carbocycles.